The van der Waals surface area contributed by atoms with E-state index in [2.05, 4.69) is 31.3 Å². The van der Waals surface area contributed by atoms with Gasteiger partial charge in [-0.2, -0.15) is 5.26 Å². The molecule has 2 aromatic rings. The second-order valence-electron chi connectivity index (χ2n) is 7.81. The molecule has 164 valence electrons. The molecule has 1 aliphatic rings. The second kappa shape index (κ2) is 10.8. The number of rotatable bonds is 9. The van der Waals surface area contributed by atoms with Crippen molar-refractivity contribution in [3.05, 3.63) is 58.7 Å². The molecule has 31 heavy (non-hydrogen) atoms. The van der Waals surface area contributed by atoms with Crippen molar-refractivity contribution in [2.24, 2.45) is 0 Å². The summed E-state index contributed by atoms with van der Waals surface area (Å²) in [5.41, 5.74) is 3.95. The van der Waals surface area contributed by atoms with Crippen LogP contribution in [-0.2, 0) is 22.4 Å². The fourth-order valence-electron chi connectivity index (χ4n) is 3.84. The van der Waals surface area contributed by atoms with Gasteiger partial charge in [-0.05, 0) is 54.3 Å². The Morgan fingerprint density at radius 2 is 1.97 bits per heavy atom. The van der Waals surface area contributed by atoms with Crippen LogP contribution in [0.2, 0.25) is 0 Å². The predicted octanol–water partition coefficient (Wildman–Crippen LogP) is 4.87. The average Bonchev–Trinajstić information content (AvgIpc) is 2.79. The maximum atomic E-state index is 12.4. The number of carbonyl (C=O) groups is 1. The van der Waals surface area contributed by atoms with Crippen LogP contribution in [0.1, 0.15) is 61.4 Å². The van der Waals surface area contributed by atoms with E-state index in [9.17, 15) is 9.90 Å². The number of hydrogen-bond acceptors (Lipinski definition) is 5. The fraction of sp³-hybridized carbons (Fsp3) is 0.440. The second-order valence-corrected chi connectivity index (χ2v) is 7.81. The van der Waals surface area contributed by atoms with Crippen molar-refractivity contribution in [3.8, 4) is 11.8 Å². The Kier molecular flexibility index (Phi) is 7.91. The molecule has 1 unspecified atom stereocenters. The van der Waals surface area contributed by atoms with Gasteiger partial charge in [0, 0.05) is 24.1 Å². The zero-order valence-corrected chi connectivity index (χ0v) is 18.2. The summed E-state index contributed by atoms with van der Waals surface area (Å²) in [4.78, 5) is 12.4. The van der Waals surface area contributed by atoms with Gasteiger partial charge in [0.05, 0.1) is 24.8 Å². The third-order valence-electron chi connectivity index (χ3n) is 5.52. The lowest BCUT2D eigenvalue weighted by Crippen LogP contribution is -2.28. The molecule has 1 saturated heterocycles. The summed E-state index contributed by atoms with van der Waals surface area (Å²) in [6, 6.07) is 12.0. The molecular weight excluding hydrogens is 392 g/mol. The summed E-state index contributed by atoms with van der Waals surface area (Å²) >= 11 is 0. The highest BCUT2D eigenvalue weighted by Gasteiger charge is 2.28. The first kappa shape index (κ1) is 22.6. The number of aliphatic carboxylic acids is 1. The van der Waals surface area contributed by atoms with Crippen LogP contribution in [-0.4, -0.2) is 30.4 Å². The maximum Gasteiger partial charge on any atom is 0.330 e. The summed E-state index contributed by atoms with van der Waals surface area (Å²) < 4.78 is 11.9. The van der Waals surface area contributed by atoms with Crippen LogP contribution < -0.4 is 10.1 Å². The molecule has 1 atom stereocenters. The highest BCUT2D eigenvalue weighted by Crippen LogP contribution is 2.36. The van der Waals surface area contributed by atoms with Gasteiger partial charge in [0.25, 0.3) is 0 Å². The number of carboxylic acid groups (broad SMARTS) is 1. The first-order valence-corrected chi connectivity index (χ1v) is 10.9. The quantitative estimate of drug-likeness (QED) is 0.599. The Morgan fingerprint density at radius 1 is 1.26 bits per heavy atom. The van der Waals surface area contributed by atoms with Crippen LogP contribution in [0.4, 0.5) is 5.69 Å². The number of nitrogens with one attached hydrogen (secondary N) is 1. The molecule has 6 nitrogen and oxygen atoms in total. The van der Waals surface area contributed by atoms with Crippen LogP contribution in [0.5, 0.6) is 5.75 Å². The molecular formula is C25H30N2O4. The Morgan fingerprint density at radius 3 is 2.55 bits per heavy atom. The van der Waals surface area contributed by atoms with Gasteiger partial charge in [-0.3, -0.25) is 0 Å². The summed E-state index contributed by atoms with van der Waals surface area (Å²) in [7, 11) is 0. The first-order valence-electron chi connectivity index (χ1n) is 10.9. The van der Waals surface area contributed by atoms with E-state index in [1.54, 1.807) is 24.3 Å². The molecule has 2 N–H and O–H groups in total. The Balaban J connectivity index is 2.03. The van der Waals surface area contributed by atoms with Gasteiger partial charge in [-0.25, -0.2) is 4.79 Å². The SMILES string of the molecule is CCCc1cc(CC)cc(C(Nc2ccc(C#N)cc2)C(=O)O)c1OC1CCOCC1. The van der Waals surface area contributed by atoms with Crippen LogP contribution >= 0.6 is 0 Å². The van der Waals surface area contributed by atoms with Gasteiger partial charge in [-0.1, -0.05) is 26.3 Å². The van der Waals surface area contributed by atoms with E-state index in [-0.39, 0.29) is 6.10 Å². The molecule has 1 heterocycles. The van der Waals surface area contributed by atoms with Crippen molar-refractivity contribution in [2.75, 3.05) is 18.5 Å². The largest absolute Gasteiger partial charge is 0.490 e. The van der Waals surface area contributed by atoms with Gasteiger partial charge in [0.2, 0.25) is 0 Å². The molecule has 0 radical (unpaired) electrons. The van der Waals surface area contributed by atoms with Crippen molar-refractivity contribution in [1.82, 2.24) is 0 Å². The lowest BCUT2D eigenvalue weighted by molar-refractivity contribution is -0.138. The minimum atomic E-state index is -0.975. The molecule has 0 aliphatic carbocycles. The van der Waals surface area contributed by atoms with Crippen molar-refractivity contribution in [2.45, 2.75) is 58.1 Å². The molecule has 6 heteroatoms. The average molecular weight is 423 g/mol. The van der Waals surface area contributed by atoms with Crippen LogP contribution in [0, 0.1) is 11.3 Å². The number of nitrogens with zero attached hydrogens (tertiary/aromatic N) is 1. The number of ether oxygens (including phenoxy) is 2. The lowest BCUT2D eigenvalue weighted by atomic mass is 9.94. The normalized spacial score (nSPS) is 15.1. The Bertz CT molecular complexity index is 928. The van der Waals surface area contributed by atoms with Crippen LogP contribution in [0.15, 0.2) is 36.4 Å². The summed E-state index contributed by atoms with van der Waals surface area (Å²) in [6.45, 7) is 5.49. The maximum absolute atomic E-state index is 12.4. The first-order chi connectivity index (χ1) is 15.0. The van der Waals surface area contributed by atoms with E-state index >= 15 is 0 Å². The number of hydrogen-bond donors (Lipinski definition) is 2. The lowest BCUT2D eigenvalue weighted by Gasteiger charge is -2.28. The Labute approximate surface area is 183 Å². The minimum absolute atomic E-state index is 0.0138. The molecule has 0 bridgehead atoms. The topological polar surface area (TPSA) is 91.6 Å². The molecule has 1 fully saturated rings. The third-order valence-corrected chi connectivity index (χ3v) is 5.52. The zero-order valence-electron chi connectivity index (χ0n) is 18.2. The predicted molar refractivity (Wildman–Crippen MR) is 119 cm³/mol. The molecule has 3 rings (SSSR count). The molecule has 0 spiro atoms. The van der Waals surface area contributed by atoms with Crippen molar-refractivity contribution in [1.29, 1.82) is 5.26 Å². The van der Waals surface area contributed by atoms with Crippen molar-refractivity contribution < 1.29 is 19.4 Å². The summed E-state index contributed by atoms with van der Waals surface area (Å²) in [5, 5.41) is 22.3. The number of benzene rings is 2. The summed E-state index contributed by atoms with van der Waals surface area (Å²) in [5.74, 6) is -0.295. The number of carboxylic acids is 1. The zero-order chi connectivity index (χ0) is 22.2. The molecule has 0 aromatic heterocycles. The van der Waals surface area contributed by atoms with Gasteiger partial charge in [0.15, 0.2) is 6.04 Å². The highest BCUT2D eigenvalue weighted by molar-refractivity contribution is 5.81. The van der Waals surface area contributed by atoms with Gasteiger partial charge < -0.3 is 19.9 Å². The van der Waals surface area contributed by atoms with E-state index in [0.717, 1.165) is 43.2 Å². The van der Waals surface area contributed by atoms with Gasteiger partial charge in [0.1, 0.15) is 11.9 Å². The van der Waals surface area contributed by atoms with Crippen molar-refractivity contribution >= 4 is 11.7 Å². The van der Waals surface area contributed by atoms with E-state index < -0.39 is 12.0 Å². The summed E-state index contributed by atoms with van der Waals surface area (Å²) in [6.07, 6.45) is 4.17. The smallest absolute Gasteiger partial charge is 0.330 e. The van der Waals surface area contributed by atoms with Gasteiger partial charge in [-0.15, -0.1) is 0 Å². The van der Waals surface area contributed by atoms with E-state index in [1.807, 2.05) is 6.07 Å². The minimum Gasteiger partial charge on any atom is -0.490 e. The molecule has 1 aliphatic heterocycles. The molecule has 0 saturated carbocycles. The van der Waals surface area contributed by atoms with E-state index in [1.165, 1.54) is 0 Å². The number of nitriles is 1. The van der Waals surface area contributed by atoms with Crippen molar-refractivity contribution in [3.63, 3.8) is 0 Å². The number of aryl methyl sites for hydroxylation is 2. The van der Waals surface area contributed by atoms with Crippen LogP contribution in [0.3, 0.4) is 0 Å². The molecule has 2 aromatic carbocycles. The van der Waals surface area contributed by atoms with Crippen LogP contribution in [0.25, 0.3) is 0 Å². The molecule has 0 amide bonds. The van der Waals surface area contributed by atoms with E-state index in [0.29, 0.717) is 35.8 Å². The fourth-order valence-corrected chi connectivity index (χ4v) is 3.84. The third kappa shape index (κ3) is 5.77. The van der Waals surface area contributed by atoms with Gasteiger partial charge >= 0.3 is 5.97 Å². The highest BCUT2D eigenvalue weighted by atomic mass is 16.5. The van der Waals surface area contributed by atoms with E-state index in [4.69, 9.17) is 14.7 Å². The monoisotopic (exact) mass is 422 g/mol. The Hall–Kier alpha value is -3.04. The standard InChI is InChI=1S/C25H30N2O4/c1-3-5-19-14-17(4-2)15-22(24(19)31-21-10-12-30-13-11-21)23(25(28)29)27-20-8-6-18(16-26)7-9-20/h6-9,14-15,21,23,27H,3-5,10-13H2,1-2H3,(H,28,29). The number of anilines is 1.